The van der Waals surface area contributed by atoms with Crippen LogP contribution in [0.3, 0.4) is 0 Å². The fraction of sp³-hybridized carbons (Fsp3) is 0.267. The minimum atomic E-state index is 0. The summed E-state index contributed by atoms with van der Waals surface area (Å²) in [7, 11) is 15.9. The molecule has 0 unspecified atom stereocenters. The van der Waals surface area contributed by atoms with Crippen LogP contribution in [0, 0.1) is 0 Å². The third-order valence-electron chi connectivity index (χ3n) is 6.85. The molecule has 0 aliphatic heterocycles. The summed E-state index contributed by atoms with van der Waals surface area (Å²) in [4.78, 5) is 31.1. The number of hydrogen-bond donors (Lipinski definition) is 0. The molecule has 0 bridgehead atoms. The monoisotopic (exact) mass is 756 g/mol. The maximum Gasteiger partial charge on any atom is 0.158 e. The fourth-order valence-electron chi connectivity index (χ4n) is 4.46. The van der Waals surface area contributed by atoms with Gasteiger partial charge in [-0.05, 0) is 24.3 Å². The van der Waals surface area contributed by atoms with Gasteiger partial charge in [-0.15, -0.1) is 0 Å². The minimum absolute atomic E-state index is 0. The zero-order chi connectivity index (χ0) is 30.0. The first-order chi connectivity index (χ1) is 20.1. The van der Waals surface area contributed by atoms with E-state index in [-0.39, 0.29) is 19.8 Å². The summed E-state index contributed by atoms with van der Waals surface area (Å²) >= 11 is 0. The number of rotatable bonds is 6. The van der Waals surface area contributed by atoms with Crippen molar-refractivity contribution in [1.29, 1.82) is 0 Å². The summed E-state index contributed by atoms with van der Waals surface area (Å²) in [5.41, 5.74) is 5.50. The van der Waals surface area contributed by atoms with Crippen LogP contribution in [0.15, 0.2) is 73.8 Å². The van der Waals surface area contributed by atoms with Gasteiger partial charge >= 0.3 is 0 Å². The number of imidazole rings is 4. The third-order valence-corrected chi connectivity index (χ3v) is 6.85. The number of nitrogens with zero attached hydrogens (tertiary/aromatic N) is 12. The van der Waals surface area contributed by atoms with Crippen molar-refractivity contribution in [2.24, 2.45) is 28.2 Å². The Labute approximate surface area is 264 Å². The van der Waals surface area contributed by atoms with Crippen LogP contribution < -0.4 is 9.80 Å². The Balaban J connectivity index is 0.000000192. The number of aryl methyl sites for hydroxylation is 4. The van der Waals surface area contributed by atoms with Gasteiger partial charge in [0.1, 0.15) is 22.8 Å². The van der Waals surface area contributed by atoms with Gasteiger partial charge in [0.2, 0.25) is 0 Å². The molecule has 0 atom stereocenters. The van der Waals surface area contributed by atoms with Crippen LogP contribution in [0.2, 0.25) is 0 Å². The number of pyridine rings is 2. The minimum Gasteiger partial charge on any atom is -0.378 e. The molecule has 0 aromatic carbocycles. The van der Waals surface area contributed by atoms with Gasteiger partial charge in [0.05, 0.1) is 0 Å². The van der Waals surface area contributed by atoms with E-state index in [0.29, 0.717) is 0 Å². The summed E-state index contributed by atoms with van der Waals surface area (Å²) in [6.07, 6.45) is 14.8. The molecule has 0 saturated carbocycles. The Kier molecular flexibility index (Phi) is 9.56. The maximum atomic E-state index is 4.73. The average Bonchev–Trinajstić information content (AvgIpc) is 3.77. The van der Waals surface area contributed by atoms with Crippen molar-refractivity contribution in [3.05, 3.63) is 73.8 Å². The Morgan fingerprint density at radius 1 is 0.442 bits per heavy atom. The van der Waals surface area contributed by atoms with E-state index >= 15 is 0 Å². The summed E-state index contributed by atoms with van der Waals surface area (Å²) in [6, 6.07) is 8.15. The van der Waals surface area contributed by atoms with Gasteiger partial charge in [-0.1, -0.05) is 0 Å². The molecule has 12 nitrogen and oxygen atoms in total. The number of anilines is 2. The molecule has 0 spiro atoms. The van der Waals surface area contributed by atoms with Crippen molar-refractivity contribution >= 4 is 11.4 Å². The van der Waals surface area contributed by atoms with Gasteiger partial charge < -0.3 is 28.1 Å². The first-order valence-electron chi connectivity index (χ1n) is 13.4. The first-order valence-corrected chi connectivity index (χ1v) is 13.4. The zero-order valence-corrected chi connectivity index (χ0v) is 28.2. The SMILES string of the molecule is CN(C)c1cc(-c2nccn2C)nc(-c2nccn2C)c1.CN(C)c1cc(-c2nccn2C)nc(-c2nccn2C)c1.[Os]. The van der Waals surface area contributed by atoms with Crippen LogP contribution in [0.1, 0.15) is 0 Å². The van der Waals surface area contributed by atoms with Crippen molar-refractivity contribution in [1.82, 2.24) is 48.2 Å². The molecule has 224 valence electrons. The average molecular weight is 755 g/mol. The summed E-state index contributed by atoms with van der Waals surface area (Å²) in [5, 5.41) is 0. The smallest absolute Gasteiger partial charge is 0.158 e. The molecule has 0 saturated heterocycles. The van der Waals surface area contributed by atoms with Crippen LogP contribution in [0.4, 0.5) is 11.4 Å². The summed E-state index contributed by atoms with van der Waals surface area (Å²) < 4.78 is 7.85. The first kappa shape index (κ1) is 31.3. The van der Waals surface area contributed by atoms with E-state index in [4.69, 9.17) is 9.97 Å². The largest absolute Gasteiger partial charge is 0.378 e. The van der Waals surface area contributed by atoms with Gasteiger partial charge in [0, 0.05) is 137 Å². The number of hydrogen-bond acceptors (Lipinski definition) is 8. The molecule has 6 aromatic rings. The van der Waals surface area contributed by atoms with Crippen molar-refractivity contribution < 1.29 is 19.8 Å². The Morgan fingerprint density at radius 3 is 0.837 bits per heavy atom. The Morgan fingerprint density at radius 2 is 0.674 bits per heavy atom. The van der Waals surface area contributed by atoms with Crippen LogP contribution >= 0.6 is 0 Å². The van der Waals surface area contributed by atoms with Crippen molar-refractivity contribution in [3.63, 3.8) is 0 Å². The van der Waals surface area contributed by atoms with E-state index in [0.717, 1.165) is 57.4 Å². The molecule has 0 amide bonds. The fourth-order valence-corrected chi connectivity index (χ4v) is 4.46. The van der Waals surface area contributed by atoms with Crippen molar-refractivity contribution in [2.75, 3.05) is 38.0 Å². The standard InChI is InChI=1S/2C15H18N6.Os/c2*1-19(2)11-9-12(14-16-5-7-20(14)3)18-13(10-11)15-17-6-8-21(15)4;/h2*5-10H,1-4H3;. The molecule has 0 fully saturated rings. The topological polar surface area (TPSA) is 104 Å². The van der Waals surface area contributed by atoms with Crippen LogP contribution in [0.5, 0.6) is 0 Å². The predicted octanol–water partition coefficient (Wildman–Crippen LogP) is 3.89. The quantitative estimate of drug-likeness (QED) is 0.253. The van der Waals surface area contributed by atoms with E-state index in [1.165, 1.54) is 0 Å². The maximum absolute atomic E-state index is 4.73. The molecule has 0 aliphatic rings. The summed E-state index contributed by atoms with van der Waals surface area (Å²) in [5.74, 6) is 3.37. The van der Waals surface area contributed by atoms with Gasteiger partial charge in [-0.3, -0.25) is 0 Å². The summed E-state index contributed by atoms with van der Waals surface area (Å²) in [6.45, 7) is 0. The molecule has 0 aliphatic carbocycles. The second-order valence-corrected chi connectivity index (χ2v) is 10.4. The van der Waals surface area contributed by atoms with E-state index in [9.17, 15) is 0 Å². The predicted molar refractivity (Wildman–Crippen MR) is 166 cm³/mol. The van der Waals surface area contributed by atoms with E-state index in [1.807, 2.05) is 124 Å². The Hall–Kier alpha value is -4.62. The normalized spacial score (nSPS) is 10.6. The second-order valence-electron chi connectivity index (χ2n) is 10.4. The van der Waals surface area contributed by atoms with Gasteiger partial charge in [-0.25, -0.2) is 29.9 Å². The molecule has 43 heavy (non-hydrogen) atoms. The van der Waals surface area contributed by atoms with E-state index < -0.39 is 0 Å². The van der Waals surface area contributed by atoms with E-state index in [2.05, 4.69) is 29.7 Å². The van der Waals surface area contributed by atoms with Crippen molar-refractivity contribution in [2.45, 2.75) is 0 Å². The molecule has 6 aromatic heterocycles. The molecule has 6 heterocycles. The zero-order valence-electron chi connectivity index (χ0n) is 25.6. The van der Waals surface area contributed by atoms with Crippen LogP contribution in [-0.4, -0.2) is 76.4 Å². The van der Waals surface area contributed by atoms with Gasteiger partial charge in [0.15, 0.2) is 23.3 Å². The van der Waals surface area contributed by atoms with Crippen LogP contribution in [0.25, 0.3) is 46.1 Å². The molecule has 13 heteroatoms. The van der Waals surface area contributed by atoms with Crippen molar-refractivity contribution in [3.8, 4) is 46.1 Å². The van der Waals surface area contributed by atoms with Crippen LogP contribution in [-0.2, 0) is 48.0 Å². The van der Waals surface area contributed by atoms with Gasteiger partial charge in [0.25, 0.3) is 0 Å². The van der Waals surface area contributed by atoms with E-state index in [1.54, 1.807) is 24.8 Å². The van der Waals surface area contributed by atoms with Gasteiger partial charge in [-0.2, -0.15) is 0 Å². The Bertz CT molecular complexity index is 1560. The molecule has 0 radical (unpaired) electrons. The second kappa shape index (κ2) is 13.1. The third kappa shape index (κ3) is 6.73. The molecule has 0 N–H and O–H groups in total. The number of aromatic nitrogens is 10. The molecule has 6 rings (SSSR count). The molecular weight excluding hydrogens is 719 g/mol. The molecular formula is C30H36N12Os.